The van der Waals surface area contributed by atoms with Crippen molar-refractivity contribution in [3.8, 4) is 17.2 Å². The third-order valence-electron chi connectivity index (χ3n) is 6.70. The normalized spacial score (nSPS) is 13.8. The second-order valence-electron chi connectivity index (χ2n) is 9.21. The summed E-state index contributed by atoms with van der Waals surface area (Å²) in [6.45, 7) is 0. The topological polar surface area (TPSA) is 120 Å². The molecule has 0 saturated heterocycles. The Hall–Kier alpha value is -4.59. The highest BCUT2D eigenvalue weighted by Gasteiger charge is 2.54. The first-order valence-electron chi connectivity index (χ1n) is 11.7. The van der Waals surface area contributed by atoms with E-state index in [0.29, 0.717) is 40.8 Å². The molecular weight excluding hydrogens is 475 g/mol. The van der Waals surface area contributed by atoms with Crippen molar-refractivity contribution in [2.24, 2.45) is 11.1 Å². The molecule has 7 nitrogen and oxygen atoms in total. The molecule has 0 spiro atoms. The number of aromatic hydroxyl groups is 1. The van der Waals surface area contributed by atoms with Crippen LogP contribution < -0.4 is 10.5 Å². The van der Waals surface area contributed by atoms with Gasteiger partial charge in [0.25, 0.3) is 5.91 Å². The van der Waals surface area contributed by atoms with E-state index >= 15 is 0 Å². The fourth-order valence-corrected chi connectivity index (χ4v) is 4.39. The van der Waals surface area contributed by atoms with Crippen LogP contribution in [0.3, 0.4) is 0 Å². The van der Waals surface area contributed by atoms with Gasteiger partial charge in [-0.2, -0.15) is 0 Å². The van der Waals surface area contributed by atoms with E-state index in [-0.39, 0.29) is 41.5 Å². The SMILES string of the molecule is NC(=O)c1cc2c(Oc3ccc(CC(=O)C4(C(=O)Cc5ccc(F)cc5)CC4)cc3)ccnc2cc1O. The number of hydrogen-bond donors (Lipinski definition) is 2. The number of aromatic nitrogens is 1. The first kappa shape index (κ1) is 24.1. The molecule has 1 heterocycles. The van der Waals surface area contributed by atoms with Crippen molar-refractivity contribution in [3.05, 3.63) is 95.4 Å². The Bertz CT molecular complexity index is 1530. The van der Waals surface area contributed by atoms with Crippen LogP contribution in [0.1, 0.15) is 34.3 Å². The van der Waals surface area contributed by atoms with Gasteiger partial charge in [0, 0.05) is 30.5 Å². The minimum atomic E-state index is -0.955. The van der Waals surface area contributed by atoms with Crippen molar-refractivity contribution in [3.63, 3.8) is 0 Å². The molecule has 4 aromatic rings. The highest BCUT2D eigenvalue weighted by Crippen LogP contribution is 2.48. The van der Waals surface area contributed by atoms with Crippen molar-refractivity contribution in [2.45, 2.75) is 25.7 Å². The molecule has 0 unspecified atom stereocenters. The van der Waals surface area contributed by atoms with E-state index in [1.54, 1.807) is 42.5 Å². The van der Waals surface area contributed by atoms with Gasteiger partial charge < -0.3 is 15.6 Å². The molecule has 3 aromatic carbocycles. The molecule has 1 aromatic heterocycles. The molecule has 1 saturated carbocycles. The number of carbonyl (C=O) groups is 3. The summed E-state index contributed by atoms with van der Waals surface area (Å²) in [5.41, 5.74) is 6.22. The van der Waals surface area contributed by atoms with Gasteiger partial charge in [0.2, 0.25) is 0 Å². The zero-order valence-electron chi connectivity index (χ0n) is 19.7. The van der Waals surface area contributed by atoms with Crippen molar-refractivity contribution in [1.82, 2.24) is 4.98 Å². The molecule has 0 radical (unpaired) electrons. The Kier molecular flexibility index (Phi) is 6.17. The lowest BCUT2D eigenvalue weighted by atomic mass is 9.88. The van der Waals surface area contributed by atoms with Gasteiger partial charge in [0.15, 0.2) is 11.6 Å². The highest BCUT2D eigenvalue weighted by molar-refractivity contribution is 6.11. The predicted molar refractivity (Wildman–Crippen MR) is 134 cm³/mol. The molecule has 1 fully saturated rings. The maximum Gasteiger partial charge on any atom is 0.252 e. The minimum Gasteiger partial charge on any atom is -0.507 e. The van der Waals surface area contributed by atoms with E-state index in [4.69, 9.17) is 10.5 Å². The molecule has 8 heteroatoms. The number of ketones is 2. The molecule has 0 atom stereocenters. The number of amides is 1. The minimum absolute atomic E-state index is 0.0396. The van der Waals surface area contributed by atoms with E-state index in [9.17, 15) is 23.9 Å². The second-order valence-corrected chi connectivity index (χ2v) is 9.21. The van der Waals surface area contributed by atoms with Crippen LogP contribution in [0.4, 0.5) is 4.39 Å². The fourth-order valence-electron chi connectivity index (χ4n) is 4.39. The Morgan fingerprint density at radius 2 is 1.51 bits per heavy atom. The zero-order valence-corrected chi connectivity index (χ0v) is 19.7. The van der Waals surface area contributed by atoms with Crippen LogP contribution in [-0.2, 0) is 22.4 Å². The molecule has 1 aliphatic rings. The Labute approximate surface area is 211 Å². The van der Waals surface area contributed by atoms with Crippen LogP contribution in [0.25, 0.3) is 10.9 Å². The number of benzene rings is 3. The lowest BCUT2D eigenvalue weighted by Crippen LogP contribution is -2.28. The molecule has 1 amide bonds. The van der Waals surface area contributed by atoms with E-state index in [1.807, 2.05) is 0 Å². The number of nitrogens with two attached hydrogens (primary N) is 1. The van der Waals surface area contributed by atoms with E-state index in [1.165, 1.54) is 30.5 Å². The van der Waals surface area contributed by atoms with Crippen molar-refractivity contribution >= 4 is 28.4 Å². The van der Waals surface area contributed by atoms with Crippen molar-refractivity contribution in [1.29, 1.82) is 0 Å². The lowest BCUT2D eigenvalue weighted by molar-refractivity contribution is -0.133. The van der Waals surface area contributed by atoms with E-state index < -0.39 is 11.3 Å². The maximum absolute atomic E-state index is 13.1. The average Bonchev–Trinajstić information content (AvgIpc) is 3.69. The lowest BCUT2D eigenvalue weighted by Gasteiger charge is -2.14. The Morgan fingerprint density at radius 1 is 0.919 bits per heavy atom. The smallest absolute Gasteiger partial charge is 0.252 e. The van der Waals surface area contributed by atoms with E-state index in [0.717, 1.165) is 5.56 Å². The highest BCUT2D eigenvalue weighted by atomic mass is 19.1. The Balaban J connectivity index is 1.28. The number of nitrogens with zero attached hydrogens (tertiary/aromatic N) is 1. The summed E-state index contributed by atoms with van der Waals surface area (Å²) in [5.74, 6) is -0.739. The standard InChI is InChI=1S/C29H23FN2O5/c30-19-5-1-17(2-6-19)13-26(34)29(10-11-29)27(35)14-18-3-7-20(8-4-18)37-25-9-12-32-23-16-24(33)22(28(31)36)15-21(23)25/h1-9,12,15-16,33H,10-11,13-14H2,(H2,31,36). The van der Waals surface area contributed by atoms with Gasteiger partial charge >= 0.3 is 0 Å². The summed E-state index contributed by atoms with van der Waals surface area (Å²) >= 11 is 0. The Morgan fingerprint density at radius 3 is 2.08 bits per heavy atom. The van der Waals surface area contributed by atoms with Gasteiger partial charge in [-0.25, -0.2) is 4.39 Å². The largest absolute Gasteiger partial charge is 0.507 e. The number of carbonyl (C=O) groups excluding carboxylic acids is 3. The van der Waals surface area contributed by atoms with Gasteiger partial charge in [-0.3, -0.25) is 19.4 Å². The van der Waals surface area contributed by atoms with Crippen LogP contribution >= 0.6 is 0 Å². The van der Waals surface area contributed by atoms with Crippen LogP contribution in [0.15, 0.2) is 72.9 Å². The predicted octanol–water partition coefficient (Wildman–Crippen LogP) is 4.67. The number of ether oxygens (including phenoxy) is 1. The monoisotopic (exact) mass is 498 g/mol. The first-order valence-corrected chi connectivity index (χ1v) is 11.7. The second kappa shape index (κ2) is 9.46. The van der Waals surface area contributed by atoms with Gasteiger partial charge in [-0.05, 0) is 60.4 Å². The summed E-state index contributed by atoms with van der Waals surface area (Å²) in [6.07, 6.45) is 2.81. The van der Waals surface area contributed by atoms with Crippen LogP contribution in [0, 0.1) is 11.2 Å². The van der Waals surface area contributed by atoms with Gasteiger partial charge in [0.05, 0.1) is 16.5 Å². The summed E-state index contributed by atoms with van der Waals surface area (Å²) < 4.78 is 19.1. The van der Waals surface area contributed by atoms with Crippen LogP contribution in [0.2, 0.25) is 0 Å². The van der Waals surface area contributed by atoms with Gasteiger partial charge in [-0.15, -0.1) is 0 Å². The van der Waals surface area contributed by atoms with Gasteiger partial charge in [0.1, 0.15) is 23.1 Å². The van der Waals surface area contributed by atoms with Crippen LogP contribution in [0.5, 0.6) is 17.2 Å². The van der Waals surface area contributed by atoms with Crippen molar-refractivity contribution < 1.29 is 28.6 Å². The summed E-state index contributed by atoms with van der Waals surface area (Å²) in [5, 5.41) is 10.5. The van der Waals surface area contributed by atoms with Crippen LogP contribution in [-0.4, -0.2) is 27.6 Å². The number of fused-ring (bicyclic) bond motifs is 1. The summed E-state index contributed by atoms with van der Waals surface area (Å²) in [6, 6.07) is 17.1. The number of halogens is 1. The average molecular weight is 499 g/mol. The number of rotatable bonds is 9. The first-order chi connectivity index (χ1) is 17.7. The number of pyridine rings is 1. The molecule has 3 N–H and O–H groups in total. The maximum atomic E-state index is 13.1. The molecule has 186 valence electrons. The molecule has 5 rings (SSSR count). The van der Waals surface area contributed by atoms with Crippen molar-refractivity contribution in [2.75, 3.05) is 0 Å². The molecular formula is C29H23FN2O5. The zero-order chi connectivity index (χ0) is 26.2. The molecule has 1 aliphatic carbocycles. The molecule has 37 heavy (non-hydrogen) atoms. The number of phenols is 1. The number of primary amides is 1. The molecule has 0 aliphatic heterocycles. The third kappa shape index (κ3) is 4.91. The third-order valence-corrected chi connectivity index (χ3v) is 6.70. The number of hydrogen-bond acceptors (Lipinski definition) is 6. The fraction of sp³-hybridized carbons (Fsp3) is 0.172. The summed E-state index contributed by atoms with van der Waals surface area (Å²) in [7, 11) is 0. The summed E-state index contributed by atoms with van der Waals surface area (Å²) in [4.78, 5) is 41.7. The molecule has 0 bridgehead atoms. The van der Waals surface area contributed by atoms with Gasteiger partial charge in [-0.1, -0.05) is 24.3 Å². The van der Waals surface area contributed by atoms with E-state index in [2.05, 4.69) is 4.98 Å². The quantitative estimate of drug-likeness (QED) is 0.324. The number of Topliss-reactive ketones (excluding diaryl/α,β-unsaturated/α-hetero) is 2.